The summed E-state index contributed by atoms with van der Waals surface area (Å²) in [6, 6.07) is 0.989. The highest BCUT2D eigenvalue weighted by molar-refractivity contribution is 7.47. The van der Waals surface area contributed by atoms with E-state index in [1.165, 1.54) is 17.2 Å². The number of phosphoric acid groups is 1. The van der Waals surface area contributed by atoms with Gasteiger partial charge >= 0.3 is 13.5 Å². The maximum atomic E-state index is 12.7. The van der Waals surface area contributed by atoms with Crippen LogP contribution >= 0.6 is 7.82 Å². The number of hydrogen-bond donors (Lipinski definition) is 7. The summed E-state index contributed by atoms with van der Waals surface area (Å²) >= 11 is 0. The number of ether oxygens (including phenoxy) is 2. The van der Waals surface area contributed by atoms with E-state index in [1.54, 1.807) is 0 Å². The number of anilines is 1. The van der Waals surface area contributed by atoms with Crippen LogP contribution in [0.1, 0.15) is 12.5 Å². The van der Waals surface area contributed by atoms with Crippen molar-refractivity contribution in [2.45, 2.75) is 49.1 Å². The summed E-state index contributed by atoms with van der Waals surface area (Å²) in [6.07, 6.45) is -8.41. The van der Waals surface area contributed by atoms with Gasteiger partial charge in [0.15, 0.2) is 23.9 Å². The van der Waals surface area contributed by atoms with E-state index in [0.29, 0.717) is 0 Å². The Morgan fingerprint density at radius 3 is 2.49 bits per heavy atom. The Hall–Kier alpha value is -3.10. The van der Waals surface area contributed by atoms with E-state index in [2.05, 4.69) is 15.0 Å². The fraction of sp³-hybridized carbons (Fsp3) is 0.526. The van der Waals surface area contributed by atoms with Gasteiger partial charge in [-0.2, -0.15) is 0 Å². The van der Waals surface area contributed by atoms with Crippen LogP contribution in [-0.2, 0) is 23.1 Å². The van der Waals surface area contributed by atoms with E-state index in [9.17, 15) is 39.5 Å². The number of imidazole rings is 1. The van der Waals surface area contributed by atoms with Crippen molar-refractivity contribution >= 4 is 24.8 Å². The fourth-order valence-electron chi connectivity index (χ4n) is 4.36. The average molecular weight is 573 g/mol. The molecule has 3 unspecified atom stereocenters. The normalized spacial score (nSPS) is 32.5. The quantitative estimate of drug-likeness (QED) is 0.128. The standard InChI is InChI=1S/C19H24N7O12P/c20-15-10-16(22-5-21-15)26(6-23-10)17-12(30)11(29)8(37-17)4-35-39(33,34)38-14-7(3-27)36-18(13(14)31)25-2-1-9(28)24-19(25)32/h1-2,5-8,11-14,17-18,27,29-31H,3-4H2,(H,33,34)(H2,20,21,22)(H,24,28,32)/t7-,8-,11+,12?,13?,14+,17-,18-/m1/s1. The van der Waals surface area contributed by atoms with Crippen LogP contribution in [0.4, 0.5) is 5.82 Å². The lowest BCUT2D eigenvalue weighted by Gasteiger charge is -2.23. The van der Waals surface area contributed by atoms with E-state index in [1.807, 2.05) is 4.98 Å². The summed E-state index contributed by atoms with van der Waals surface area (Å²) in [4.78, 5) is 47.6. The molecule has 0 spiro atoms. The molecule has 2 aliphatic heterocycles. The number of nitrogens with two attached hydrogens (primary N) is 1. The van der Waals surface area contributed by atoms with Gasteiger partial charge in [-0.25, -0.2) is 24.3 Å². The second kappa shape index (κ2) is 10.5. The first kappa shape index (κ1) is 27.5. The maximum absolute atomic E-state index is 12.7. The predicted octanol–water partition coefficient (Wildman–Crippen LogP) is -3.67. The number of aromatic nitrogens is 6. The van der Waals surface area contributed by atoms with Gasteiger partial charge in [0.2, 0.25) is 0 Å². The van der Waals surface area contributed by atoms with Gasteiger partial charge in [0.1, 0.15) is 48.5 Å². The van der Waals surface area contributed by atoms with Gasteiger partial charge in [-0.3, -0.25) is 28.0 Å². The van der Waals surface area contributed by atoms with Crippen molar-refractivity contribution in [2.24, 2.45) is 0 Å². The number of hydrogen-bond acceptors (Lipinski definition) is 15. The molecule has 2 aliphatic rings. The molecule has 0 aromatic carbocycles. The van der Waals surface area contributed by atoms with Crippen molar-refractivity contribution in [1.82, 2.24) is 29.1 Å². The molecule has 212 valence electrons. The number of aliphatic hydroxyl groups excluding tert-OH is 4. The molecular weight excluding hydrogens is 549 g/mol. The highest BCUT2D eigenvalue weighted by Crippen LogP contribution is 2.49. The summed E-state index contributed by atoms with van der Waals surface area (Å²) in [5.74, 6) is 0.0805. The summed E-state index contributed by atoms with van der Waals surface area (Å²) in [7, 11) is -5.02. The Morgan fingerprint density at radius 2 is 1.77 bits per heavy atom. The second-order valence-corrected chi connectivity index (χ2v) is 10.1. The summed E-state index contributed by atoms with van der Waals surface area (Å²) in [6.45, 7) is -1.52. The Labute approximate surface area is 216 Å². The van der Waals surface area contributed by atoms with Gasteiger partial charge in [-0.15, -0.1) is 0 Å². The van der Waals surface area contributed by atoms with Crippen molar-refractivity contribution in [1.29, 1.82) is 0 Å². The zero-order chi connectivity index (χ0) is 28.1. The highest BCUT2D eigenvalue weighted by Gasteiger charge is 2.50. The molecule has 8 N–H and O–H groups in total. The molecule has 5 heterocycles. The molecule has 9 atom stereocenters. The summed E-state index contributed by atoms with van der Waals surface area (Å²) in [5, 5.41) is 41.2. The fourth-order valence-corrected chi connectivity index (χ4v) is 5.32. The van der Waals surface area contributed by atoms with Crippen LogP contribution in [0.2, 0.25) is 0 Å². The monoisotopic (exact) mass is 573 g/mol. The summed E-state index contributed by atoms with van der Waals surface area (Å²) in [5.41, 5.74) is 4.56. The number of aliphatic hydroxyl groups is 4. The molecule has 2 fully saturated rings. The maximum Gasteiger partial charge on any atom is 0.472 e. The molecule has 2 saturated heterocycles. The number of rotatable bonds is 8. The molecule has 3 aromatic heterocycles. The molecule has 19 nitrogen and oxygen atoms in total. The molecule has 0 aliphatic carbocycles. The SMILES string of the molecule is Nc1ncnc2c1ncn2[C@@H]1O[C@H](COP(=O)(O)O[C@@H]2C(O)[C@H](n3ccc(=O)[nH]c3=O)O[C@@H]2CO)[C@H](O)C1O. The highest BCUT2D eigenvalue weighted by atomic mass is 31.2. The molecule has 0 bridgehead atoms. The lowest BCUT2D eigenvalue weighted by Crippen LogP contribution is -2.39. The predicted molar refractivity (Wildman–Crippen MR) is 125 cm³/mol. The number of phosphoric ester groups is 1. The number of fused-ring (bicyclic) bond motifs is 1. The van der Waals surface area contributed by atoms with Gasteiger partial charge in [-0.05, 0) is 0 Å². The first-order valence-corrected chi connectivity index (χ1v) is 12.9. The van der Waals surface area contributed by atoms with Crippen LogP contribution < -0.4 is 17.0 Å². The molecule has 39 heavy (non-hydrogen) atoms. The number of nitrogen functional groups attached to an aromatic ring is 1. The Balaban J connectivity index is 1.26. The lowest BCUT2D eigenvalue weighted by atomic mass is 10.1. The van der Waals surface area contributed by atoms with Crippen molar-refractivity contribution in [3.63, 3.8) is 0 Å². The molecule has 20 heteroatoms. The van der Waals surface area contributed by atoms with Gasteiger partial charge in [-0.1, -0.05) is 0 Å². The zero-order valence-corrected chi connectivity index (χ0v) is 20.6. The first-order valence-electron chi connectivity index (χ1n) is 11.4. The van der Waals surface area contributed by atoms with E-state index < -0.39 is 81.4 Å². The summed E-state index contributed by atoms with van der Waals surface area (Å²) < 4.78 is 35.8. The minimum Gasteiger partial charge on any atom is -0.394 e. The lowest BCUT2D eigenvalue weighted by molar-refractivity contribution is -0.0594. The molecule has 0 amide bonds. The van der Waals surface area contributed by atoms with Crippen LogP contribution in [0.15, 0.2) is 34.5 Å². The molecule has 0 saturated carbocycles. The third kappa shape index (κ3) is 5.12. The number of nitrogens with one attached hydrogen (secondary N) is 1. The molecule has 5 rings (SSSR count). The van der Waals surface area contributed by atoms with Crippen LogP contribution in [0.3, 0.4) is 0 Å². The van der Waals surface area contributed by atoms with Crippen molar-refractivity contribution in [2.75, 3.05) is 18.9 Å². The van der Waals surface area contributed by atoms with Gasteiger partial charge in [0, 0.05) is 12.3 Å². The van der Waals surface area contributed by atoms with Crippen LogP contribution in [0, 0.1) is 0 Å². The Morgan fingerprint density at radius 1 is 1.05 bits per heavy atom. The van der Waals surface area contributed by atoms with Gasteiger partial charge in [0.05, 0.1) is 19.5 Å². The largest absolute Gasteiger partial charge is 0.472 e. The van der Waals surface area contributed by atoms with Crippen LogP contribution in [0.25, 0.3) is 11.2 Å². The Kier molecular flexibility index (Phi) is 7.37. The van der Waals surface area contributed by atoms with E-state index in [0.717, 1.165) is 16.8 Å². The number of aromatic amines is 1. The smallest absolute Gasteiger partial charge is 0.394 e. The van der Waals surface area contributed by atoms with E-state index in [4.69, 9.17) is 24.3 Å². The minimum absolute atomic E-state index is 0.0805. The average Bonchev–Trinajstić information content (AvgIpc) is 3.53. The molecular formula is C19H24N7O12P. The second-order valence-electron chi connectivity index (χ2n) is 8.72. The van der Waals surface area contributed by atoms with Crippen molar-refractivity contribution < 1.29 is 48.4 Å². The first-order chi connectivity index (χ1) is 18.5. The third-order valence-corrected chi connectivity index (χ3v) is 7.26. The van der Waals surface area contributed by atoms with Crippen molar-refractivity contribution in [3.8, 4) is 0 Å². The topological polar surface area (TPSA) is 280 Å². The Bertz CT molecular complexity index is 1510. The van der Waals surface area contributed by atoms with Gasteiger partial charge in [0.25, 0.3) is 5.56 Å². The van der Waals surface area contributed by atoms with Crippen molar-refractivity contribution in [3.05, 3.63) is 45.8 Å². The molecule has 0 radical (unpaired) electrons. The number of nitrogens with zero attached hydrogens (tertiary/aromatic N) is 5. The van der Waals surface area contributed by atoms with E-state index >= 15 is 0 Å². The minimum atomic E-state index is -5.02. The van der Waals surface area contributed by atoms with E-state index in [-0.39, 0.29) is 17.0 Å². The van der Waals surface area contributed by atoms with Crippen LogP contribution in [-0.4, -0.2) is 104 Å². The third-order valence-electron chi connectivity index (χ3n) is 6.27. The van der Waals surface area contributed by atoms with Crippen LogP contribution in [0.5, 0.6) is 0 Å². The number of H-pyrrole nitrogens is 1. The zero-order valence-electron chi connectivity index (χ0n) is 19.7. The molecule has 3 aromatic rings. The van der Waals surface area contributed by atoms with Gasteiger partial charge < -0.3 is 40.5 Å².